The maximum Gasteiger partial charge on any atom is 0.116 e. The Morgan fingerprint density at radius 2 is 1.05 bits per heavy atom. The van der Waals surface area contributed by atoms with Gasteiger partial charge < -0.3 is 24.3 Å². The summed E-state index contributed by atoms with van der Waals surface area (Å²) in [4.78, 5) is 0. The van der Waals surface area contributed by atoms with E-state index >= 15 is 0 Å². The van der Waals surface area contributed by atoms with Crippen LogP contribution < -0.4 is 5.32 Å². The van der Waals surface area contributed by atoms with Crippen molar-refractivity contribution in [2.75, 3.05) is 6.61 Å². The largest absolute Gasteiger partial charge is 0.375 e. The van der Waals surface area contributed by atoms with Crippen LogP contribution in [0.15, 0.2) is 121 Å². The summed E-state index contributed by atoms with van der Waals surface area (Å²) in [7, 11) is 0. The molecule has 0 amide bonds. The molecule has 1 heterocycles. The minimum Gasteiger partial charge on any atom is -0.375 e. The van der Waals surface area contributed by atoms with Gasteiger partial charge in [-0.15, -0.1) is 0 Å². The van der Waals surface area contributed by atoms with Crippen LogP contribution in [-0.4, -0.2) is 36.5 Å². The van der Waals surface area contributed by atoms with Gasteiger partial charge in [0.25, 0.3) is 0 Å². The van der Waals surface area contributed by atoms with E-state index in [-0.39, 0.29) is 24.3 Å². The third kappa shape index (κ3) is 6.52. The van der Waals surface area contributed by atoms with Crippen molar-refractivity contribution in [1.29, 1.82) is 0 Å². The first kappa shape index (κ1) is 26.9. The summed E-state index contributed by atoms with van der Waals surface area (Å²) >= 11 is 0. The minimum atomic E-state index is -0.456. The van der Waals surface area contributed by atoms with E-state index in [1.54, 1.807) is 0 Å². The predicted molar refractivity (Wildman–Crippen MR) is 155 cm³/mol. The Kier molecular flexibility index (Phi) is 8.67. The van der Waals surface area contributed by atoms with Crippen molar-refractivity contribution in [2.45, 2.75) is 62.7 Å². The molecule has 2 aliphatic rings. The molecule has 0 bridgehead atoms. The number of nitrogens with one attached hydrogen (secondary N) is 1. The van der Waals surface area contributed by atoms with Gasteiger partial charge in [0.05, 0.1) is 39.1 Å². The number of benzene rings is 4. The van der Waals surface area contributed by atoms with Gasteiger partial charge in [-0.25, -0.2) is 0 Å². The summed E-state index contributed by atoms with van der Waals surface area (Å²) in [5, 5.41) is 3.81. The molecule has 206 valence electrons. The van der Waals surface area contributed by atoms with Crippen LogP contribution >= 0.6 is 0 Å². The van der Waals surface area contributed by atoms with Gasteiger partial charge in [-0.2, -0.15) is 0 Å². The molecular formula is C35H37NO4. The average molecular weight is 536 g/mol. The Hall–Kier alpha value is -3.32. The topological polar surface area (TPSA) is 49.0 Å². The van der Waals surface area contributed by atoms with E-state index in [4.69, 9.17) is 18.9 Å². The molecule has 1 saturated carbocycles. The number of hydrogen-bond acceptors (Lipinski definition) is 5. The first-order valence-corrected chi connectivity index (χ1v) is 14.2. The summed E-state index contributed by atoms with van der Waals surface area (Å²) in [5.74, 6) is 0. The fraction of sp³-hybridized carbons (Fsp3) is 0.314. The molecule has 1 N–H and O–H groups in total. The SMILES string of the molecule is c1ccc(COC[C@H]2N[C@@H]3C[C@]3(OCc3ccccc3)[C@@H](OCc3ccccc3)[C@@H]2OCc2ccccc2)cc1. The Labute approximate surface area is 237 Å². The Morgan fingerprint density at radius 3 is 1.60 bits per heavy atom. The fourth-order valence-corrected chi connectivity index (χ4v) is 5.64. The van der Waals surface area contributed by atoms with Crippen LogP contribution in [-0.2, 0) is 45.4 Å². The third-order valence-electron chi connectivity index (χ3n) is 7.86. The number of piperidine rings is 1. The van der Waals surface area contributed by atoms with Gasteiger partial charge in [-0.1, -0.05) is 121 Å². The number of rotatable bonds is 13. The average Bonchev–Trinajstić information content (AvgIpc) is 3.74. The lowest BCUT2D eigenvalue weighted by molar-refractivity contribution is -0.192. The molecule has 0 spiro atoms. The van der Waals surface area contributed by atoms with E-state index in [1.807, 2.05) is 60.7 Å². The monoisotopic (exact) mass is 535 g/mol. The molecule has 1 aliphatic heterocycles. The normalized spacial score (nSPS) is 25.3. The van der Waals surface area contributed by atoms with Crippen molar-refractivity contribution >= 4 is 0 Å². The molecule has 0 unspecified atom stereocenters. The van der Waals surface area contributed by atoms with Crippen molar-refractivity contribution in [2.24, 2.45) is 0 Å². The standard InChI is InChI=1S/C35H37NO4/c1-5-13-27(14-6-1)22-37-26-31-33(38-23-28-15-7-2-8-16-28)34(39-24-29-17-9-3-10-18-29)35(21-32(35)36-31)40-25-30-19-11-4-12-20-30/h1-20,31-34,36H,21-26H2/t31-,32-,33-,34+,35-/m1/s1. The maximum absolute atomic E-state index is 6.77. The lowest BCUT2D eigenvalue weighted by Crippen LogP contribution is -2.63. The molecule has 4 aromatic carbocycles. The Balaban J connectivity index is 1.23. The second-order valence-corrected chi connectivity index (χ2v) is 10.7. The summed E-state index contributed by atoms with van der Waals surface area (Å²) in [5.41, 5.74) is 4.12. The molecule has 5 nitrogen and oxygen atoms in total. The molecule has 1 aliphatic carbocycles. The fourth-order valence-electron chi connectivity index (χ4n) is 5.64. The highest BCUT2D eigenvalue weighted by atomic mass is 16.6. The highest BCUT2D eigenvalue weighted by Gasteiger charge is 2.68. The van der Waals surface area contributed by atoms with Gasteiger partial charge in [0.15, 0.2) is 0 Å². The summed E-state index contributed by atoms with van der Waals surface area (Å²) in [6, 6.07) is 41.4. The van der Waals surface area contributed by atoms with Crippen LogP contribution in [0.5, 0.6) is 0 Å². The van der Waals surface area contributed by atoms with Crippen molar-refractivity contribution in [3.05, 3.63) is 144 Å². The van der Waals surface area contributed by atoms with Crippen LogP contribution in [0.1, 0.15) is 28.7 Å². The molecule has 2 fully saturated rings. The molecular weight excluding hydrogens is 498 g/mol. The first-order chi connectivity index (χ1) is 19.8. The first-order valence-electron chi connectivity index (χ1n) is 14.2. The molecule has 6 rings (SSSR count). The van der Waals surface area contributed by atoms with Crippen LogP contribution in [0.4, 0.5) is 0 Å². The van der Waals surface area contributed by atoms with Crippen molar-refractivity contribution in [3.8, 4) is 0 Å². The van der Waals surface area contributed by atoms with Crippen molar-refractivity contribution in [1.82, 2.24) is 5.32 Å². The number of hydrogen-bond donors (Lipinski definition) is 1. The molecule has 5 atom stereocenters. The van der Waals surface area contributed by atoms with Crippen LogP contribution in [0.3, 0.4) is 0 Å². The molecule has 5 heteroatoms. The van der Waals surface area contributed by atoms with Gasteiger partial charge >= 0.3 is 0 Å². The highest BCUT2D eigenvalue weighted by Crippen LogP contribution is 2.50. The van der Waals surface area contributed by atoms with Crippen molar-refractivity contribution < 1.29 is 18.9 Å². The lowest BCUT2D eigenvalue weighted by atomic mass is 9.94. The lowest BCUT2D eigenvalue weighted by Gasteiger charge is -2.43. The molecule has 40 heavy (non-hydrogen) atoms. The molecule has 0 radical (unpaired) electrons. The van der Waals surface area contributed by atoms with E-state index in [2.05, 4.69) is 66.0 Å². The smallest absolute Gasteiger partial charge is 0.116 e. The molecule has 4 aromatic rings. The summed E-state index contributed by atoms with van der Waals surface area (Å²) < 4.78 is 26.4. The third-order valence-corrected chi connectivity index (χ3v) is 7.86. The van der Waals surface area contributed by atoms with Gasteiger partial charge in [0.1, 0.15) is 17.8 Å². The quantitative estimate of drug-likeness (QED) is 0.225. The zero-order chi connectivity index (χ0) is 27.0. The summed E-state index contributed by atoms with van der Waals surface area (Å²) in [6.07, 6.45) is 0.366. The Bertz CT molecular complexity index is 1300. The minimum absolute atomic E-state index is 0.0332. The van der Waals surface area contributed by atoms with E-state index in [9.17, 15) is 0 Å². The second kappa shape index (κ2) is 12.9. The highest BCUT2D eigenvalue weighted by molar-refractivity contribution is 5.25. The zero-order valence-corrected chi connectivity index (χ0v) is 22.7. The molecule has 1 saturated heterocycles. The second-order valence-electron chi connectivity index (χ2n) is 10.7. The van der Waals surface area contributed by atoms with Crippen LogP contribution in [0, 0.1) is 0 Å². The van der Waals surface area contributed by atoms with Crippen LogP contribution in [0.2, 0.25) is 0 Å². The summed E-state index contributed by atoms with van der Waals surface area (Å²) in [6.45, 7) is 2.60. The van der Waals surface area contributed by atoms with Gasteiger partial charge in [0, 0.05) is 6.04 Å². The van der Waals surface area contributed by atoms with E-state index in [0.29, 0.717) is 33.0 Å². The van der Waals surface area contributed by atoms with Gasteiger partial charge in [-0.05, 0) is 28.7 Å². The van der Waals surface area contributed by atoms with Crippen molar-refractivity contribution in [3.63, 3.8) is 0 Å². The molecule has 0 aromatic heterocycles. The zero-order valence-electron chi connectivity index (χ0n) is 22.7. The number of ether oxygens (including phenoxy) is 4. The van der Waals surface area contributed by atoms with Gasteiger partial charge in [0.2, 0.25) is 0 Å². The van der Waals surface area contributed by atoms with E-state index < -0.39 is 5.60 Å². The predicted octanol–water partition coefficient (Wildman–Crippen LogP) is 6.07. The van der Waals surface area contributed by atoms with Gasteiger partial charge in [-0.3, -0.25) is 0 Å². The Morgan fingerprint density at radius 1 is 0.575 bits per heavy atom. The maximum atomic E-state index is 6.77. The van der Waals surface area contributed by atoms with E-state index in [1.165, 1.54) is 0 Å². The van der Waals surface area contributed by atoms with Crippen LogP contribution in [0.25, 0.3) is 0 Å². The van der Waals surface area contributed by atoms with E-state index in [0.717, 1.165) is 28.7 Å². The number of fused-ring (bicyclic) bond motifs is 1.